The highest BCUT2D eigenvalue weighted by Gasteiger charge is 2.15. The second-order valence-corrected chi connectivity index (χ2v) is 7.05. The summed E-state index contributed by atoms with van der Waals surface area (Å²) < 4.78 is 15.7. The van der Waals surface area contributed by atoms with Crippen LogP contribution in [0.5, 0.6) is 0 Å². The van der Waals surface area contributed by atoms with Crippen LogP contribution in [-0.2, 0) is 6.42 Å². The Kier molecular flexibility index (Phi) is 4.08. The van der Waals surface area contributed by atoms with Gasteiger partial charge in [0, 0.05) is 25.3 Å². The highest BCUT2D eigenvalue weighted by molar-refractivity contribution is 7.26. The van der Waals surface area contributed by atoms with Gasteiger partial charge in [-0.1, -0.05) is 17.7 Å². The Balaban J connectivity index is 1.88. The van der Waals surface area contributed by atoms with Crippen molar-refractivity contribution in [2.24, 2.45) is 0 Å². The molecule has 0 fully saturated rings. The van der Waals surface area contributed by atoms with E-state index in [1.165, 1.54) is 26.4 Å². The molecule has 0 aliphatic carbocycles. The fraction of sp³-hybridized carbons (Fsp3) is 0.200. The minimum Gasteiger partial charge on any atom is -0.312 e. The fourth-order valence-corrected chi connectivity index (χ4v) is 4.68. The van der Waals surface area contributed by atoms with Crippen molar-refractivity contribution in [1.29, 1.82) is 0 Å². The number of rotatable bonds is 4. The molecule has 2 aromatic heterocycles. The van der Waals surface area contributed by atoms with Crippen molar-refractivity contribution in [3.05, 3.63) is 57.0 Å². The lowest BCUT2D eigenvalue weighted by Gasteiger charge is -2.15. The molecule has 3 rings (SSSR count). The molecule has 0 amide bonds. The van der Waals surface area contributed by atoms with Crippen LogP contribution in [0.4, 0.5) is 4.39 Å². The van der Waals surface area contributed by atoms with E-state index in [0.717, 1.165) is 12.0 Å². The summed E-state index contributed by atoms with van der Waals surface area (Å²) >= 11 is 9.66. The van der Waals surface area contributed by atoms with Crippen LogP contribution in [0.3, 0.4) is 0 Å². The fourth-order valence-electron chi connectivity index (χ4n) is 2.21. The molecule has 1 N–H and O–H groups in total. The van der Waals surface area contributed by atoms with Crippen LogP contribution >= 0.6 is 34.3 Å². The lowest BCUT2D eigenvalue weighted by molar-refractivity contribution is 0.598. The minimum atomic E-state index is -0.295. The molecule has 104 valence electrons. The highest BCUT2D eigenvalue weighted by atomic mass is 35.5. The molecule has 2 heterocycles. The first-order valence-electron chi connectivity index (χ1n) is 6.25. The van der Waals surface area contributed by atoms with Crippen molar-refractivity contribution in [2.75, 3.05) is 7.05 Å². The zero-order chi connectivity index (χ0) is 14.1. The summed E-state index contributed by atoms with van der Waals surface area (Å²) in [6.07, 6.45) is 0.753. The first-order chi connectivity index (χ1) is 9.67. The lowest BCUT2D eigenvalue weighted by atomic mass is 10.0. The van der Waals surface area contributed by atoms with Crippen molar-refractivity contribution < 1.29 is 4.39 Å². The Morgan fingerprint density at radius 2 is 2.10 bits per heavy atom. The molecule has 20 heavy (non-hydrogen) atoms. The third-order valence-electron chi connectivity index (χ3n) is 3.29. The van der Waals surface area contributed by atoms with Gasteiger partial charge in [0.1, 0.15) is 5.82 Å². The van der Waals surface area contributed by atoms with Gasteiger partial charge in [-0.3, -0.25) is 0 Å². The van der Waals surface area contributed by atoms with E-state index in [-0.39, 0.29) is 11.9 Å². The molecule has 0 saturated heterocycles. The number of benzene rings is 1. The van der Waals surface area contributed by atoms with E-state index < -0.39 is 0 Å². The molecule has 1 atom stereocenters. The number of halogens is 2. The van der Waals surface area contributed by atoms with Crippen molar-refractivity contribution in [1.82, 2.24) is 5.32 Å². The number of nitrogens with one attached hydrogen (secondary N) is 1. The summed E-state index contributed by atoms with van der Waals surface area (Å²) in [5.74, 6) is -0.295. The standard InChI is InChI=1S/C15H13ClFNS2/c1-18-12(6-9-2-3-10(17)7-11(9)16)14-8-15-13(20-14)4-5-19-15/h2-5,7-8,12,18H,6H2,1H3. The van der Waals surface area contributed by atoms with Crippen LogP contribution in [-0.4, -0.2) is 7.05 Å². The molecule has 1 unspecified atom stereocenters. The summed E-state index contributed by atoms with van der Waals surface area (Å²) in [6.45, 7) is 0. The van der Waals surface area contributed by atoms with Gasteiger partial charge in [-0.2, -0.15) is 0 Å². The van der Waals surface area contributed by atoms with Crippen molar-refractivity contribution in [2.45, 2.75) is 12.5 Å². The van der Waals surface area contributed by atoms with E-state index in [1.54, 1.807) is 28.7 Å². The highest BCUT2D eigenvalue weighted by Crippen LogP contribution is 2.35. The average Bonchev–Trinajstić information content (AvgIpc) is 2.98. The largest absolute Gasteiger partial charge is 0.312 e. The molecular formula is C15H13ClFNS2. The van der Waals surface area contributed by atoms with Crippen LogP contribution in [0.15, 0.2) is 35.7 Å². The lowest BCUT2D eigenvalue weighted by Crippen LogP contribution is -2.17. The van der Waals surface area contributed by atoms with E-state index in [9.17, 15) is 4.39 Å². The Bertz CT molecular complexity index is 706. The Labute approximate surface area is 130 Å². The van der Waals surface area contributed by atoms with Crippen LogP contribution < -0.4 is 5.32 Å². The number of hydrogen-bond donors (Lipinski definition) is 1. The second-order valence-electron chi connectivity index (χ2n) is 4.58. The molecule has 0 aliphatic rings. The molecule has 1 nitrogen and oxygen atoms in total. The monoisotopic (exact) mass is 325 g/mol. The van der Waals surface area contributed by atoms with Crippen LogP contribution in [0.2, 0.25) is 5.02 Å². The van der Waals surface area contributed by atoms with E-state index in [1.807, 2.05) is 7.05 Å². The average molecular weight is 326 g/mol. The van der Waals surface area contributed by atoms with Gasteiger partial charge in [0.15, 0.2) is 0 Å². The number of hydrogen-bond acceptors (Lipinski definition) is 3. The molecule has 1 aromatic carbocycles. The topological polar surface area (TPSA) is 12.0 Å². The van der Waals surface area contributed by atoms with Gasteiger partial charge in [0.2, 0.25) is 0 Å². The van der Waals surface area contributed by atoms with Gasteiger partial charge < -0.3 is 5.32 Å². The molecule has 0 bridgehead atoms. The zero-order valence-electron chi connectivity index (χ0n) is 10.8. The van der Waals surface area contributed by atoms with Gasteiger partial charge in [0.25, 0.3) is 0 Å². The molecule has 0 aliphatic heterocycles. The normalized spacial score (nSPS) is 12.9. The summed E-state index contributed by atoms with van der Waals surface area (Å²) in [7, 11) is 1.94. The number of likely N-dealkylation sites (N-methyl/N-ethyl adjacent to an activating group) is 1. The number of fused-ring (bicyclic) bond motifs is 1. The van der Waals surface area contributed by atoms with Crippen LogP contribution in [0.1, 0.15) is 16.5 Å². The molecule has 5 heteroatoms. The molecular weight excluding hydrogens is 313 g/mol. The summed E-state index contributed by atoms with van der Waals surface area (Å²) in [4.78, 5) is 1.29. The van der Waals surface area contributed by atoms with Gasteiger partial charge in [0.05, 0.1) is 0 Å². The predicted octanol–water partition coefficient (Wildman–Crippen LogP) is 5.26. The van der Waals surface area contributed by atoms with Crippen molar-refractivity contribution in [3.63, 3.8) is 0 Å². The van der Waals surface area contributed by atoms with E-state index in [2.05, 4.69) is 22.8 Å². The van der Waals surface area contributed by atoms with E-state index >= 15 is 0 Å². The summed E-state index contributed by atoms with van der Waals surface area (Å²) in [5.41, 5.74) is 0.962. The van der Waals surface area contributed by atoms with Gasteiger partial charge >= 0.3 is 0 Å². The summed E-state index contributed by atoms with van der Waals surface area (Å²) in [5, 5.41) is 5.92. The Hall–Kier alpha value is -0.940. The first-order valence-corrected chi connectivity index (χ1v) is 8.33. The molecule has 0 spiro atoms. The summed E-state index contributed by atoms with van der Waals surface area (Å²) in [6, 6.07) is 9.16. The maximum atomic E-state index is 13.1. The predicted molar refractivity (Wildman–Crippen MR) is 86.6 cm³/mol. The SMILES string of the molecule is CNC(Cc1ccc(F)cc1Cl)c1cc2sccc2s1. The molecule has 0 saturated carbocycles. The molecule has 3 aromatic rings. The van der Waals surface area contributed by atoms with Crippen LogP contribution in [0, 0.1) is 5.82 Å². The maximum absolute atomic E-state index is 13.1. The third kappa shape index (κ3) is 2.74. The molecule has 0 radical (unpaired) electrons. The quantitative estimate of drug-likeness (QED) is 0.690. The second kappa shape index (κ2) is 5.82. The first kappa shape index (κ1) is 14.0. The van der Waals surface area contributed by atoms with Crippen LogP contribution in [0.25, 0.3) is 9.40 Å². The zero-order valence-corrected chi connectivity index (χ0v) is 13.2. The smallest absolute Gasteiger partial charge is 0.124 e. The van der Waals surface area contributed by atoms with E-state index in [4.69, 9.17) is 11.6 Å². The minimum absolute atomic E-state index is 0.197. The van der Waals surface area contributed by atoms with Gasteiger partial charge in [-0.25, -0.2) is 4.39 Å². The van der Waals surface area contributed by atoms with Gasteiger partial charge in [-0.15, -0.1) is 22.7 Å². The third-order valence-corrected chi connectivity index (χ3v) is 5.85. The van der Waals surface area contributed by atoms with E-state index in [0.29, 0.717) is 5.02 Å². The van der Waals surface area contributed by atoms with Crippen molar-refractivity contribution >= 4 is 43.7 Å². The van der Waals surface area contributed by atoms with Crippen molar-refractivity contribution in [3.8, 4) is 0 Å². The number of thiophene rings is 2. The van der Waals surface area contributed by atoms with Gasteiger partial charge in [-0.05, 0) is 48.7 Å². The Morgan fingerprint density at radius 3 is 2.80 bits per heavy atom. The maximum Gasteiger partial charge on any atom is 0.124 e. The Morgan fingerprint density at radius 1 is 1.25 bits per heavy atom.